The third kappa shape index (κ3) is 16.7. The van der Waals surface area contributed by atoms with Gasteiger partial charge in [0.2, 0.25) is 5.43 Å². The van der Waals surface area contributed by atoms with Crippen molar-refractivity contribution in [3.8, 4) is 28.2 Å². The molecule has 4 aromatic rings. The number of carboxylic acid groups (broad SMARTS) is 1. The van der Waals surface area contributed by atoms with Gasteiger partial charge in [-0.3, -0.25) is 28.0 Å². The zero-order valence-corrected chi connectivity index (χ0v) is 45.9. The lowest BCUT2D eigenvalue weighted by Crippen LogP contribution is -2.26. The number of aromatic carboxylic acids is 1. The zero-order valence-electron chi connectivity index (χ0n) is 42.0. The Balaban J connectivity index is 0.000000555. The van der Waals surface area contributed by atoms with Crippen LogP contribution < -0.4 is 16.5 Å². The number of phenols is 1. The van der Waals surface area contributed by atoms with Crippen LogP contribution in [-0.2, 0) is 27.9 Å². The molecule has 0 saturated carbocycles. The van der Waals surface area contributed by atoms with E-state index in [1.807, 2.05) is 0 Å². The fraction of sp³-hybridized carbons (Fsp3) is 0.340. The van der Waals surface area contributed by atoms with Gasteiger partial charge in [0.05, 0.1) is 56.9 Å². The number of rotatable bonds is 19. The number of aliphatic hydroxyl groups excluding tert-OH is 3. The molecule has 1 fully saturated rings. The van der Waals surface area contributed by atoms with Crippen LogP contribution in [0.15, 0.2) is 88.2 Å². The number of ketones is 1. The number of anilines is 1. The highest BCUT2D eigenvalue weighted by Crippen LogP contribution is 2.49. The topological polar surface area (TPSA) is 338 Å². The summed E-state index contributed by atoms with van der Waals surface area (Å²) in [5.41, 5.74) is 5.46. The molecule has 0 spiro atoms. The maximum atomic E-state index is 13.5. The molecule has 3 unspecified atom stereocenters. The highest BCUT2D eigenvalue weighted by molar-refractivity contribution is 7.47. The number of phosphoric acid groups is 1. The summed E-state index contributed by atoms with van der Waals surface area (Å²) in [6.45, 7) is 11.1. The molecule has 3 aliphatic rings. The van der Waals surface area contributed by atoms with E-state index in [2.05, 4.69) is 26.8 Å². The van der Waals surface area contributed by atoms with Crippen LogP contribution in [0.2, 0.25) is 20.1 Å². The Morgan fingerprint density at radius 2 is 1.62 bits per heavy atom. The van der Waals surface area contributed by atoms with E-state index in [1.54, 1.807) is 32.3 Å². The van der Waals surface area contributed by atoms with Crippen LogP contribution in [0, 0.1) is 0 Å². The van der Waals surface area contributed by atoms with E-state index in [9.17, 15) is 44.0 Å². The molecule has 22 nitrogen and oxygen atoms in total. The molecule has 0 radical (unpaired) electrons. The van der Waals surface area contributed by atoms with Crippen LogP contribution in [-0.4, -0.2) is 106 Å². The molecule has 9 N–H and O–H groups in total. The van der Waals surface area contributed by atoms with Gasteiger partial charge in [0.15, 0.2) is 17.2 Å². The first-order valence-corrected chi connectivity index (χ1v) is 26.3. The van der Waals surface area contributed by atoms with Crippen LogP contribution in [0.3, 0.4) is 0 Å². The van der Waals surface area contributed by atoms with E-state index in [0.29, 0.717) is 48.4 Å². The predicted molar refractivity (Wildman–Crippen MR) is 288 cm³/mol. The van der Waals surface area contributed by atoms with Crippen molar-refractivity contribution in [2.45, 2.75) is 91.3 Å². The fourth-order valence-electron chi connectivity index (χ4n) is 7.62. The maximum Gasteiger partial charge on any atom is 0.472 e. The number of amides is 1. The maximum absolute atomic E-state index is 13.5. The molecular formula is C50H55Cl4N6O16P. The molecule has 1 saturated heterocycles. The summed E-state index contributed by atoms with van der Waals surface area (Å²) in [7, 11) is -4.50. The van der Waals surface area contributed by atoms with Crippen LogP contribution >= 0.6 is 54.2 Å². The number of carbonyl (C=O) groups excluding carboxylic acids is 2. The summed E-state index contributed by atoms with van der Waals surface area (Å²) in [5, 5.41) is 49.9. The minimum atomic E-state index is -4.50. The number of fused-ring (bicyclic) bond motifs is 3. The van der Waals surface area contributed by atoms with Crippen molar-refractivity contribution in [3.05, 3.63) is 120 Å². The van der Waals surface area contributed by atoms with Crippen molar-refractivity contribution in [3.63, 3.8) is 0 Å². The number of imidazole rings is 1. The van der Waals surface area contributed by atoms with E-state index in [-0.39, 0.29) is 108 Å². The van der Waals surface area contributed by atoms with Gasteiger partial charge < -0.3 is 55.4 Å². The smallest absolute Gasteiger partial charge is 0.472 e. The average molecular weight is 1170 g/mol. The Bertz CT molecular complexity index is 3280. The number of carboxylic acids is 1. The van der Waals surface area contributed by atoms with E-state index in [0.717, 1.165) is 12.1 Å². The molecule has 4 heterocycles. The SMILES string of the molecule is C=C(O)/C=C(\C)O/C(C)=C/C(C)=O.CC(C)O.Nc1ncnc2c1ncn2C1C[C@@H](O)C(COP(=O)(O)OCCCCCCNC(=O)c2cc(Cl)c(C(=O)O)c(-c3c4cc(Cl)c(=O)cc-4oc4cc(O)c(Cl)cc34)c2Cl)O1. The van der Waals surface area contributed by atoms with Crippen molar-refractivity contribution < 1.29 is 72.3 Å². The predicted octanol–water partition coefficient (Wildman–Crippen LogP) is 9.93. The van der Waals surface area contributed by atoms with Crippen molar-refractivity contribution in [1.29, 1.82) is 0 Å². The molecule has 7 rings (SSSR count). The number of ether oxygens (including phenoxy) is 2. The van der Waals surface area contributed by atoms with Gasteiger partial charge >= 0.3 is 13.8 Å². The molecule has 0 bridgehead atoms. The minimum absolute atomic E-state index is 0.00954. The van der Waals surface area contributed by atoms with Crippen molar-refractivity contribution in [1.82, 2.24) is 24.8 Å². The number of aromatic hydroxyl groups is 1. The number of unbranched alkanes of at least 4 members (excludes halogenated alkanes) is 3. The average Bonchev–Trinajstić information content (AvgIpc) is 3.93. The molecule has 2 aromatic carbocycles. The lowest BCUT2D eigenvalue weighted by Gasteiger charge is -2.20. The molecule has 2 aromatic heterocycles. The number of nitrogens with two attached hydrogens (primary N) is 1. The molecule has 1 aliphatic carbocycles. The fourth-order valence-corrected chi connectivity index (χ4v) is 9.33. The quantitative estimate of drug-likeness (QED) is 0.00933. The first-order chi connectivity index (χ1) is 36.2. The Hall–Kier alpha value is -6.14. The molecule has 77 heavy (non-hydrogen) atoms. The summed E-state index contributed by atoms with van der Waals surface area (Å²) in [6, 6.07) is 5.98. The number of aromatic nitrogens is 4. The van der Waals surface area contributed by atoms with Gasteiger partial charge in [0.25, 0.3) is 5.91 Å². The van der Waals surface area contributed by atoms with Gasteiger partial charge in [-0.2, -0.15) is 0 Å². The molecular weight excluding hydrogens is 1110 g/mol. The van der Waals surface area contributed by atoms with Gasteiger partial charge in [-0.25, -0.2) is 24.3 Å². The first kappa shape index (κ1) is 61.7. The standard InChI is InChI=1S/C37H33Cl4N6O12P.C10H14O3.C3H8O/c38-19-7-16-25(10-22(19)48)58-26-11-23(49)20(39)8-17(26)29(16)31-30(37(52)53)21(40)9-18(32(31)41)36(51)43-5-3-1-2-4-6-56-60(54,55)57-13-27-24(50)12-28(59-27)47-15-46-33-34(42)44-14-45-35(33)47;1-7(11)5-9(3)13-10(4)6-8(2)12;1-3(2)4/h7-11,14-15,24,27-28,48,50H,1-6,12-13H2,(H,43,51)(H,52,53)(H,54,55)(H2,42,44,45);5-6,11H,1H2,2-4H3;3-4H,1-2H3/b;9-5+,10-6+;/t24-,27?,28?;;/m1../s1. The number of benzene rings is 3. The summed E-state index contributed by atoms with van der Waals surface area (Å²) in [5.74, 6) is -1.52. The highest BCUT2D eigenvalue weighted by atomic mass is 35.5. The second kappa shape index (κ2) is 27.4. The number of nitrogens with one attached hydrogen (secondary N) is 1. The third-order valence-electron chi connectivity index (χ3n) is 10.8. The van der Waals surface area contributed by atoms with E-state index in [4.69, 9.17) is 85.3 Å². The van der Waals surface area contributed by atoms with Crippen LogP contribution in [0.25, 0.3) is 44.6 Å². The number of carbonyl (C=O) groups is 3. The number of phosphoric ester groups is 1. The van der Waals surface area contributed by atoms with Gasteiger partial charge in [0.1, 0.15) is 58.5 Å². The molecule has 4 atom stereocenters. The Labute approximate surface area is 460 Å². The highest BCUT2D eigenvalue weighted by Gasteiger charge is 2.38. The molecule has 414 valence electrons. The number of aliphatic hydroxyl groups is 3. The van der Waals surface area contributed by atoms with Gasteiger partial charge in [0, 0.05) is 65.4 Å². The summed E-state index contributed by atoms with van der Waals surface area (Å²) in [6.07, 6.45) is 4.78. The number of hydrogen-bond donors (Lipinski definition) is 8. The Morgan fingerprint density at radius 1 is 0.948 bits per heavy atom. The summed E-state index contributed by atoms with van der Waals surface area (Å²) < 4.78 is 41.2. The van der Waals surface area contributed by atoms with Crippen LogP contribution in [0.4, 0.5) is 5.82 Å². The first-order valence-electron chi connectivity index (χ1n) is 23.3. The lowest BCUT2D eigenvalue weighted by atomic mass is 9.89. The number of nitrogens with zero attached hydrogens (tertiary/aromatic N) is 4. The zero-order chi connectivity index (χ0) is 57.1. The summed E-state index contributed by atoms with van der Waals surface area (Å²) >= 11 is 25.8. The van der Waals surface area contributed by atoms with Gasteiger partial charge in [-0.1, -0.05) is 65.8 Å². The van der Waals surface area contributed by atoms with E-state index in [1.165, 1.54) is 49.9 Å². The van der Waals surface area contributed by atoms with Crippen LogP contribution in [0.5, 0.6) is 5.75 Å². The second-order valence-electron chi connectivity index (χ2n) is 17.4. The monoisotopic (exact) mass is 1170 g/mol. The summed E-state index contributed by atoms with van der Waals surface area (Å²) in [4.78, 5) is 71.7. The van der Waals surface area contributed by atoms with E-state index < -0.39 is 55.7 Å². The Morgan fingerprint density at radius 3 is 2.29 bits per heavy atom. The van der Waals surface area contributed by atoms with E-state index >= 15 is 0 Å². The normalized spacial score (nSPS) is 16.4. The number of halogens is 4. The van der Waals surface area contributed by atoms with Gasteiger partial charge in [-0.05, 0) is 65.7 Å². The largest absolute Gasteiger partial charge is 0.508 e. The third-order valence-corrected chi connectivity index (χ3v) is 13.1. The number of nitrogen functional groups attached to an aromatic ring is 1. The molecule has 2 aliphatic heterocycles. The lowest BCUT2D eigenvalue weighted by molar-refractivity contribution is -0.112. The molecule has 27 heteroatoms. The molecule has 1 amide bonds. The number of hydrogen-bond acceptors (Lipinski definition) is 18. The Kier molecular flexibility index (Phi) is 22.0. The van der Waals surface area contributed by atoms with Crippen molar-refractivity contribution in [2.24, 2.45) is 0 Å². The number of allylic oxidation sites excluding steroid dienone is 4. The number of phenolic OH excluding ortho intramolecular Hbond substituents is 1. The van der Waals surface area contributed by atoms with Crippen molar-refractivity contribution >= 4 is 99.8 Å². The van der Waals surface area contributed by atoms with Crippen LogP contribution in [0.1, 0.15) is 93.7 Å². The second-order valence-corrected chi connectivity index (χ2v) is 20.5. The van der Waals surface area contributed by atoms with Gasteiger partial charge in [-0.15, -0.1) is 0 Å². The minimum Gasteiger partial charge on any atom is -0.508 e. The van der Waals surface area contributed by atoms with Crippen molar-refractivity contribution in [2.75, 3.05) is 25.5 Å².